The Hall–Kier alpha value is -2.79. The minimum absolute atomic E-state index is 0.414. The molecule has 1 aromatic heterocycles. The van der Waals surface area contributed by atoms with Gasteiger partial charge in [0.25, 0.3) is 0 Å². The fourth-order valence-corrected chi connectivity index (χ4v) is 3.08. The largest absolute Gasteiger partial charge is 0.465 e. The Morgan fingerprint density at radius 1 is 1.00 bits per heavy atom. The SMILES string of the molecule is COC(=O)c1scc(-c2ccc(Oc3ccccc3)cc2)c1N. The second-order valence-electron chi connectivity index (χ2n) is 4.82. The first-order valence-corrected chi connectivity index (χ1v) is 7.85. The normalized spacial score (nSPS) is 10.3. The van der Waals surface area contributed by atoms with E-state index in [0.717, 1.165) is 22.6 Å². The summed E-state index contributed by atoms with van der Waals surface area (Å²) in [5.74, 6) is 1.10. The fourth-order valence-electron chi connectivity index (χ4n) is 2.17. The summed E-state index contributed by atoms with van der Waals surface area (Å²) in [6, 6.07) is 17.1. The van der Waals surface area contributed by atoms with Crippen LogP contribution in [0.2, 0.25) is 0 Å². The maximum Gasteiger partial charge on any atom is 0.350 e. The average molecular weight is 325 g/mol. The van der Waals surface area contributed by atoms with E-state index in [-0.39, 0.29) is 0 Å². The molecular formula is C18H15NO3S. The monoisotopic (exact) mass is 325 g/mol. The van der Waals surface area contributed by atoms with Crippen molar-refractivity contribution in [2.24, 2.45) is 0 Å². The number of para-hydroxylation sites is 1. The summed E-state index contributed by atoms with van der Waals surface area (Å²) in [5.41, 5.74) is 8.24. The third-order valence-electron chi connectivity index (χ3n) is 3.34. The van der Waals surface area contributed by atoms with Crippen molar-refractivity contribution in [3.63, 3.8) is 0 Å². The Balaban J connectivity index is 1.83. The molecule has 0 saturated heterocycles. The second kappa shape index (κ2) is 6.54. The van der Waals surface area contributed by atoms with Gasteiger partial charge in [0.05, 0.1) is 12.8 Å². The predicted molar refractivity (Wildman–Crippen MR) is 92.0 cm³/mol. The van der Waals surface area contributed by atoms with Gasteiger partial charge in [0, 0.05) is 10.9 Å². The van der Waals surface area contributed by atoms with Crippen molar-refractivity contribution in [3.8, 4) is 22.6 Å². The summed E-state index contributed by atoms with van der Waals surface area (Å²) in [6.45, 7) is 0. The van der Waals surface area contributed by atoms with E-state index >= 15 is 0 Å². The van der Waals surface area contributed by atoms with Gasteiger partial charge in [-0.3, -0.25) is 0 Å². The smallest absolute Gasteiger partial charge is 0.350 e. The van der Waals surface area contributed by atoms with Crippen molar-refractivity contribution in [1.29, 1.82) is 0 Å². The zero-order valence-electron chi connectivity index (χ0n) is 12.5. The lowest BCUT2D eigenvalue weighted by Gasteiger charge is -2.07. The summed E-state index contributed by atoms with van der Waals surface area (Å²) < 4.78 is 10.5. The summed E-state index contributed by atoms with van der Waals surface area (Å²) in [5, 5.41) is 1.86. The van der Waals surface area contributed by atoms with Crippen molar-refractivity contribution in [3.05, 3.63) is 64.9 Å². The Morgan fingerprint density at radius 2 is 1.65 bits per heavy atom. The summed E-state index contributed by atoms with van der Waals surface area (Å²) in [6.07, 6.45) is 0. The maximum absolute atomic E-state index is 11.6. The van der Waals surface area contributed by atoms with Gasteiger partial charge >= 0.3 is 5.97 Å². The van der Waals surface area contributed by atoms with Crippen LogP contribution in [-0.4, -0.2) is 13.1 Å². The number of nitrogens with two attached hydrogens (primary N) is 1. The molecule has 2 N–H and O–H groups in total. The van der Waals surface area contributed by atoms with E-state index in [0.29, 0.717) is 10.6 Å². The van der Waals surface area contributed by atoms with Gasteiger partial charge in [0.15, 0.2) is 0 Å². The Morgan fingerprint density at radius 3 is 2.30 bits per heavy atom. The molecule has 0 amide bonds. The number of carbonyl (C=O) groups is 1. The van der Waals surface area contributed by atoms with Gasteiger partial charge in [-0.25, -0.2) is 4.79 Å². The molecule has 0 bridgehead atoms. The molecule has 1 heterocycles. The lowest BCUT2D eigenvalue weighted by molar-refractivity contribution is 0.0607. The predicted octanol–water partition coefficient (Wildman–Crippen LogP) is 4.58. The van der Waals surface area contributed by atoms with Crippen LogP contribution in [0.4, 0.5) is 5.69 Å². The number of thiophene rings is 1. The highest BCUT2D eigenvalue weighted by atomic mass is 32.1. The number of benzene rings is 2. The van der Waals surface area contributed by atoms with Crippen LogP contribution in [0.3, 0.4) is 0 Å². The van der Waals surface area contributed by atoms with Crippen LogP contribution >= 0.6 is 11.3 Å². The van der Waals surface area contributed by atoms with Gasteiger partial charge in [-0.2, -0.15) is 0 Å². The average Bonchev–Trinajstić information content (AvgIpc) is 2.97. The molecule has 0 aliphatic heterocycles. The number of ether oxygens (including phenoxy) is 2. The Kier molecular flexibility index (Phi) is 4.30. The van der Waals surface area contributed by atoms with Gasteiger partial charge in [-0.15, -0.1) is 11.3 Å². The molecular weight excluding hydrogens is 310 g/mol. The first-order valence-electron chi connectivity index (χ1n) is 6.97. The van der Waals surface area contributed by atoms with Crippen molar-refractivity contribution in [2.45, 2.75) is 0 Å². The van der Waals surface area contributed by atoms with Gasteiger partial charge in [0.1, 0.15) is 16.4 Å². The lowest BCUT2D eigenvalue weighted by Crippen LogP contribution is -2.02. The molecule has 3 aromatic rings. The zero-order valence-corrected chi connectivity index (χ0v) is 13.3. The lowest BCUT2D eigenvalue weighted by atomic mass is 10.1. The molecule has 0 spiro atoms. The number of hydrogen-bond donors (Lipinski definition) is 1. The molecule has 5 heteroatoms. The molecule has 0 atom stereocenters. The second-order valence-corrected chi connectivity index (χ2v) is 5.70. The van der Waals surface area contributed by atoms with Crippen molar-refractivity contribution in [2.75, 3.05) is 12.8 Å². The number of anilines is 1. The van der Waals surface area contributed by atoms with E-state index in [9.17, 15) is 4.79 Å². The van der Waals surface area contributed by atoms with E-state index in [1.165, 1.54) is 18.4 Å². The minimum atomic E-state index is -0.414. The van der Waals surface area contributed by atoms with Gasteiger partial charge in [0.2, 0.25) is 0 Å². The van der Waals surface area contributed by atoms with E-state index in [1.807, 2.05) is 60.0 Å². The summed E-state index contributed by atoms with van der Waals surface area (Å²) in [7, 11) is 1.34. The summed E-state index contributed by atoms with van der Waals surface area (Å²) >= 11 is 1.28. The molecule has 0 fully saturated rings. The summed E-state index contributed by atoms with van der Waals surface area (Å²) in [4.78, 5) is 12.0. The van der Waals surface area contributed by atoms with Crippen molar-refractivity contribution >= 4 is 23.0 Å². The van der Waals surface area contributed by atoms with Crippen LogP contribution in [0.1, 0.15) is 9.67 Å². The molecule has 0 unspecified atom stereocenters. The van der Waals surface area contributed by atoms with E-state index in [1.54, 1.807) is 0 Å². The molecule has 23 heavy (non-hydrogen) atoms. The molecule has 2 aromatic carbocycles. The van der Waals surface area contributed by atoms with Crippen LogP contribution < -0.4 is 10.5 Å². The number of nitrogen functional groups attached to an aromatic ring is 1. The number of methoxy groups -OCH3 is 1. The van der Waals surface area contributed by atoms with Crippen LogP contribution in [-0.2, 0) is 4.74 Å². The molecule has 4 nitrogen and oxygen atoms in total. The van der Waals surface area contributed by atoms with E-state index < -0.39 is 5.97 Å². The molecule has 0 aliphatic carbocycles. The van der Waals surface area contributed by atoms with Gasteiger partial charge < -0.3 is 15.2 Å². The molecule has 0 aliphatic rings. The molecule has 3 rings (SSSR count). The van der Waals surface area contributed by atoms with E-state index in [2.05, 4.69) is 0 Å². The van der Waals surface area contributed by atoms with Crippen LogP contribution in [0.25, 0.3) is 11.1 Å². The van der Waals surface area contributed by atoms with Crippen molar-refractivity contribution in [1.82, 2.24) is 0 Å². The fraction of sp³-hybridized carbons (Fsp3) is 0.0556. The first kappa shape index (κ1) is 15.1. The maximum atomic E-state index is 11.6. The highest BCUT2D eigenvalue weighted by Gasteiger charge is 2.17. The van der Waals surface area contributed by atoms with Crippen LogP contribution in [0.15, 0.2) is 60.0 Å². The third kappa shape index (κ3) is 3.19. The van der Waals surface area contributed by atoms with Gasteiger partial charge in [-0.05, 0) is 29.8 Å². The highest BCUT2D eigenvalue weighted by Crippen LogP contribution is 2.35. The Bertz CT molecular complexity index is 810. The highest BCUT2D eigenvalue weighted by molar-refractivity contribution is 7.13. The first-order chi connectivity index (χ1) is 11.2. The zero-order chi connectivity index (χ0) is 16.2. The minimum Gasteiger partial charge on any atom is -0.465 e. The number of carbonyl (C=O) groups excluding carboxylic acids is 1. The van der Waals surface area contributed by atoms with Gasteiger partial charge in [-0.1, -0.05) is 30.3 Å². The van der Waals surface area contributed by atoms with Crippen molar-refractivity contribution < 1.29 is 14.3 Å². The molecule has 0 radical (unpaired) electrons. The molecule has 0 saturated carbocycles. The number of hydrogen-bond acceptors (Lipinski definition) is 5. The van der Waals surface area contributed by atoms with Crippen LogP contribution in [0.5, 0.6) is 11.5 Å². The molecule has 116 valence electrons. The van der Waals surface area contributed by atoms with E-state index in [4.69, 9.17) is 15.2 Å². The standard InChI is InChI=1S/C18H15NO3S/c1-21-18(20)17-16(19)15(11-23-17)12-7-9-14(10-8-12)22-13-5-3-2-4-6-13/h2-11H,19H2,1H3. The number of rotatable bonds is 4. The third-order valence-corrected chi connectivity index (χ3v) is 4.32. The van der Waals surface area contributed by atoms with Crippen LogP contribution in [0, 0.1) is 0 Å². The Labute approximate surface area is 138 Å². The number of esters is 1. The quantitative estimate of drug-likeness (QED) is 0.713. The topological polar surface area (TPSA) is 61.5 Å².